The van der Waals surface area contributed by atoms with Gasteiger partial charge in [-0.3, -0.25) is 4.79 Å². The number of ether oxygens (including phenoxy) is 1. The first-order valence-electron chi connectivity index (χ1n) is 10.4. The summed E-state index contributed by atoms with van der Waals surface area (Å²) in [4.78, 5) is 23.2. The Morgan fingerprint density at radius 2 is 1.88 bits per heavy atom. The van der Waals surface area contributed by atoms with Crippen LogP contribution in [0, 0.1) is 39.9 Å². The summed E-state index contributed by atoms with van der Waals surface area (Å²) in [6.07, 6.45) is 12.6. The molecule has 3 heteroatoms. The Bertz CT molecular complexity index is 572. The average Bonchev–Trinajstić information content (AvgIpc) is 2.83. The van der Waals surface area contributed by atoms with Crippen molar-refractivity contribution in [1.29, 1.82) is 0 Å². The molecule has 0 aromatic rings. The highest BCUT2D eigenvalue weighted by molar-refractivity contribution is 5.65. The molecule has 2 bridgehead atoms. The molecule has 4 fully saturated rings. The number of hydrogen-bond acceptors (Lipinski definition) is 3. The summed E-state index contributed by atoms with van der Waals surface area (Å²) in [6.45, 7) is 6.89. The standard InChI is InChI=1S/C22H34O3/c1-15(24)25-13-17-12-22-10-7-18-20(2,14-23)8-4-9-21(18,3)19(22)6-5-16(17)11-22/h14,16-19H,4-13H2,1-3H3. The number of fused-ring (bicyclic) bond motifs is 3. The molecule has 25 heavy (non-hydrogen) atoms. The Kier molecular flexibility index (Phi) is 4.09. The highest BCUT2D eigenvalue weighted by Crippen LogP contribution is 2.72. The third-order valence-corrected chi connectivity index (χ3v) is 9.09. The van der Waals surface area contributed by atoms with Gasteiger partial charge in [0, 0.05) is 12.3 Å². The van der Waals surface area contributed by atoms with Crippen LogP contribution in [-0.2, 0) is 14.3 Å². The van der Waals surface area contributed by atoms with Crippen molar-refractivity contribution in [2.75, 3.05) is 6.61 Å². The second-order valence-corrected chi connectivity index (χ2v) is 10.3. The van der Waals surface area contributed by atoms with Crippen LogP contribution in [0.4, 0.5) is 0 Å². The number of rotatable bonds is 3. The molecule has 140 valence electrons. The van der Waals surface area contributed by atoms with Crippen LogP contribution in [0.3, 0.4) is 0 Å². The van der Waals surface area contributed by atoms with Gasteiger partial charge in [-0.15, -0.1) is 0 Å². The molecule has 4 saturated carbocycles. The maximum absolute atomic E-state index is 11.9. The van der Waals surface area contributed by atoms with E-state index in [1.165, 1.54) is 64.6 Å². The van der Waals surface area contributed by atoms with Crippen LogP contribution in [0.5, 0.6) is 0 Å². The van der Waals surface area contributed by atoms with Crippen LogP contribution in [0.15, 0.2) is 0 Å². The molecule has 0 aromatic carbocycles. The van der Waals surface area contributed by atoms with Gasteiger partial charge in [-0.2, -0.15) is 0 Å². The van der Waals surface area contributed by atoms with Crippen LogP contribution >= 0.6 is 0 Å². The van der Waals surface area contributed by atoms with E-state index >= 15 is 0 Å². The molecule has 0 saturated heterocycles. The molecule has 0 amide bonds. The van der Waals surface area contributed by atoms with Crippen molar-refractivity contribution in [3.8, 4) is 0 Å². The number of carbonyl (C=O) groups is 2. The predicted octanol–water partition coefficient (Wildman–Crippen LogP) is 4.78. The van der Waals surface area contributed by atoms with Crippen molar-refractivity contribution in [2.24, 2.45) is 39.9 Å². The van der Waals surface area contributed by atoms with Crippen LogP contribution < -0.4 is 0 Å². The number of aldehydes is 1. The maximum atomic E-state index is 11.9. The SMILES string of the molecule is CC(=O)OCC1CC23CCC4C(C)(C=O)CCCC4(C)C2CCC1C3. The molecule has 0 heterocycles. The smallest absolute Gasteiger partial charge is 0.302 e. The molecular weight excluding hydrogens is 312 g/mol. The van der Waals surface area contributed by atoms with Crippen LogP contribution in [0.25, 0.3) is 0 Å². The Balaban J connectivity index is 1.60. The van der Waals surface area contributed by atoms with Crippen LogP contribution in [0.2, 0.25) is 0 Å². The van der Waals surface area contributed by atoms with Gasteiger partial charge in [0.25, 0.3) is 0 Å². The van der Waals surface area contributed by atoms with Gasteiger partial charge >= 0.3 is 5.97 Å². The van der Waals surface area contributed by atoms with Crippen molar-refractivity contribution in [1.82, 2.24) is 0 Å². The van der Waals surface area contributed by atoms with E-state index in [0.29, 0.717) is 29.3 Å². The van der Waals surface area contributed by atoms with E-state index in [0.717, 1.165) is 18.3 Å². The lowest BCUT2D eigenvalue weighted by atomic mass is 9.41. The molecule has 0 aliphatic heterocycles. The summed E-state index contributed by atoms with van der Waals surface area (Å²) >= 11 is 0. The van der Waals surface area contributed by atoms with Crippen molar-refractivity contribution in [3.05, 3.63) is 0 Å². The van der Waals surface area contributed by atoms with Gasteiger partial charge in [0.1, 0.15) is 6.29 Å². The Hall–Kier alpha value is -0.860. The minimum absolute atomic E-state index is 0.110. The lowest BCUT2D eigenvalue weighted by molar-refractivity contribution is -0.157. The van der Waals surface area contributed by atoms with Crippen LogP contribution in [0.1, 0.15) is 78.6 Å². The molecule has 7 unspecified atom stereocenters. The van der Waals surface area contributed by atoms with Gasteiger partial charge in [0.15, 0.2) is 0 Å². The predicted molar refractivity (Wildman–Crippen MR) is 96.9 cm³/mol. The quantitative estimate of drug-likeness (QED) is 0.546. The zero-order valence-electron chi connectivity index (χ0n) is 16.2. The Labute approximate surface area is 152 Å². The fourth-order valence-electron chi connectivity index (χ4n) is 8.20. The van der Waals surface area contributed by atoms with Gasteiger partial charge < -0.3 is 9.53 Å². The molecule has 0 aromatic heterocycles. The molecule has 1 spiro atoms. The zero-order chi connectivity index (χ0) is 17.9. The third-order valence-electron chi connectivity index (χ3n) is 9.09. The maximum Gasteiger partial charge on any atom is 0.302 e. The monoisotopic (exact) mass is 346 g/mol. The molecule has 0 radical (unpaired) electrons. The average molecular weight is 347 g/mol. The Morgan fingerprint density at radius 1 is 1.08 bits per heavy atom. The van der Waals surface area contributed by atoms with Gasteiger partial charge in [0.05, 0.1) is 6.61 Å². The van der Waals surface area contributed by atoms with E-state index in [4.69, 9.17) is 4.74 Å². The lowest BCUT2D eigenvalue weighted by Gasteiger charge is -2.63. The van der Waals surface area contributed by atoms with E-state index in [1.807, 2.05) is 0 Å². The first-order chi connectivity index (χ1) is 11.8. The summed E-state index contributed by atoms with van der Waals surface area (Å²) in [7, 11) is 0. The zero-order valence-corrected chi connectivity index (χ0v) is 16.2. The molecule has 0 N–H and O–H groups in total. The summed E-state index contributed by atoms with van der Waals surface area (Å²) < 4.78 is 5.41. The first-order valence-corrected chi connectivity index (χ1v) is 10.4. The number of esters is 1. The third kappa shape index (κ3) is 2.51. The van der Waals surface area contributed by atoms with Crippen molar-refractivity contribution < 1.29 is 14.3 Å². The highest BCUT2D eigenvalue weighted by Gasteiger charge is 2.64. The normalized spacial score (nSPS) is 51.3. The topological polar surface area (TPSA) is 43.4 Å². The van der Waals surface area contributed by atoms with Crippen molar-refractivity contribution >= 4 is 12.3 Å². The molecular formula is C22H34O3. The van der Waals surface area contributed by atoms with Crippen molar-refractivity contribution in [3.63, 3.8) is 0 Å². The van der Waals surface area contributed by atoms with Gasteiger partial charge in [0.2, 0.25) is 0 Å². The van der Waals surface area contributed by atoms with Gasteiger partial charge in [-0.25, -0.2) is 0 Å². The molecule has 7 atom stereocenters. The summed E-state index contributed by atoms with van der Waals surface area (Å²) in [5, 5.41) is 0. The van der Waals surface area contributed by atoms with Gasteiger partial charge in [-0.05, 0) is 85.9 Å². The summed E-state index contributed by atoms with van der Waals surface area (Å²) in [5.41, 5.74) is 0.675. The largest absolute Gasteiger partial charge is 0.466 e. The second kappa shape index (κ2) is 5.82. The molecule has 3 nitrogen and oxygen atoms in total. The fraction of sp³-hybridized carbons (Fsp3) is 0.909. The number of hydrogen-bond donors (Lipinski definition) is 0. The molecule has 4 aliphatic rings. The lowest BCUT2D eigenvalue weighted by Crippen LogP contribution is -2.56. The van der Waals surface area contributed by atoms with E-state index in [-0.39, 0.29) is 11.4 Å². The molecule has 4 rings (SSSR count). The van der Waals surface area contributed by atoms with E-state index in [9.17, 15) is 9.59 Å². The van der Waals surface area contributed by atoms with E-state index < -0.39 is 0 Å². The minimum atomic E-state index is -0.139. The number of carbonyl (C=O) groups excluding carboxylic acids is 2. The fourth-order valence-corrected chi connectivity index (χ4v) is 8.20. The second-order valence-electron chi connectivity index (χ2n) is 10.3. The summed E-state index contributed by atoms with van der Waals surface area (Å²) in [5.74, 6) is 2.50. The van der Waals surface area contributed by atoms with Crippen molar-refractivity contribution in [2.45, 2.75) is 78.6 Å². The summed E-state index contributed by atoms with van der Waals surface area (Å²) in [6, 6.07) is 0. The first kappa shape index (κ1) is 17.5. The van der Waals surface area contributed by atoms with E-state index in [2.05, 4.69) is 13.8 Å². The molecule has 4 aliphatic carbocycles. The minimum Gasteiger partial charge on any atom is -0.466 e. The highest BCUT2D eigenvalue weighted by atomic mass is 16.5. The van der Waals surface area contributed by atoms with Crippen LogP contribution in [-0.4, -0.2) is 18.9 Å². The van der Waals surface area contributed by atoms with Gasteiger partial charge in [-0.1, -0.05) is 20.3 Å². The Morgan fingerprint density at radius 3 is 2.60 bits per heavy atom. The van der Waals surface area contributed by atoms with E-state index in [1.54, 1.807) is 0 Å².